The van der Waals surface area contributed by atoms with E-state index in [0.717, 1.165) is 30.4 Å². The number of fused-ring (bicyclic) bond motifs is 3. The third kappa shape index (κ3) is 4.29. The Labute approximate surface area is 198 Å². The molecule has 33 heavy (non-hydrogen) atoms. The van der Waals surface area contributed by atoms with Crippen LogP contribution in [0.25, 0.3) is 0 Å². The van der Waals surface area contributed by atoms with Gasteiger partial charge in [-0.1, -0.05) is 45.9 Å². The summed E-state index contributed by atoms with van der Waals surface area (Å²) >= 11 is 0. The summed E-state index contributed by atoms with van der Waals surface area (Å²) in [5, 5.41) is 0. The van der Waals surface area contributed by atoms with Crippen LogP contribution in [0.15, 0.2) is 47.1 Å². The van der Waals surface area contributed by atoms with Gasteiger partial charge in [-0.3, -0.25) is 19.2 Å². The molecule has 0 amide bonds. The van der Waals surface area contributed by atoms with Gasteiger partial charge in [0.15, 0.2) is 17.3 Å². The molecule has 0 aromatic carbocycles. The van der Waals surface area contributed by atoms with E-state index in [1.54, 1.807) is 13.0 Å². The van der Waals surface area contributed by atoms with Crippen molar-refractivity contribution >= 4 is 23.1 Å². The molecule has 3 fully saturated rings. The SMILES string of the molecule is CC(=O)/C=C\C(=O)/C(C)=C/C=C/C(C)=C1/C(=O)C[C@@H]2[C@@]3(C)CCC(=O)C(C)(C)[C@@H]3CC[C@]12C. The number of carbonyl (C=O) groups is 4. The van der Waals surface area contributed by atoms with Gasteiger partial charge in [0.05, 0.1) is 0 Å². The van der Waals surface area contributed by atoms with E-state index < -0.39 is 0 Å². The van der Waals surface area contributed by atoms with Crippen molar-refractivity contribution in [1.29, 1.82) is 0 Å². The molecule has 0 aromatic heterocycles. The topological polar surface area (TPSA) is 68.3 Å². The first-order valence-corrected chi connectivity index (χ1v) is 12.1. The van der Waals surface area contributed by atoms with Crippen LogP contribution in [0, 0.1) is 28.1 Å². The van der Waals surface area contributed by atoms with E-state index in [4.69, 9.17) is 0 Å². The molecular weight excluding hydrogens is 412 g/mol. The Bertz CT molecular complexity index is 1020. The first-order chi connectivity index (χ1) is 15.2. The molecule has 4 atom stereocenters. The highest BCUT2D eigenvalue weighted by Gasteiger charge is 2.64. The van der Waals surface area contributed by atoms with Crippen LogP contribution >= 0.6 is 0 Å². The van der Waals surface area contributed by atoms with Crippen molar-refractivity contribution in [2.24, 2.45) is 28.1 Å². The van der Waals surface area contributed by atoms with Crippen LogP contribution in [0.3, 0.4) is 0 Å². The highest BCUT2D eigenvalue weighted by atomic mass is 16.1. The molecule has 178 valence electrons. The van der Waals surface area contributed by atoms with Gasteiger partial charge in [-0.2, -0.15) is 0 Å². The molecule has 3 aliphatic rings. The van der Waals surface area contributed by atoms with E-state index in [1.165, 1.54) is 19.1 Å². The molecule has 0 aromatic rings. The zero-order chi connectivity index (χ0) is 24.8. The molecule has 3 aliphatic carbocycles. The van der Waals surface area contributed by atoms with Crippen LogP contribution in [0.1, 0.15) is 80.6 Å². The van der Waals surface area contributed by atoms with E-state index in [9.17, 15) is 19.2 Å². The van der Waals surface area contributed by atoms with Crippen molar-refractivity contribution in [2.75, 3.05) is 0 Å². The Kier molecular flexibility index (Phi) is 6.72. The van der Waals surface area contributed by atoms with Crippen LogP contribution in [-0.4, -0.2) is 23.1 Å². The lowest BCUT2D eigenvalue weighted by Crippen LogP contribution is -2.56. The second-order valence-electron chi connectivity index (χ2n) is 11.4. The van der Waals surface area contributed by atoms with Gasteiger partial charge < -0.3 is 0 Å². The number of hydrogen-bond acceptors (Lipinski definition) is 4. The summed E-state index contributed by atoms with van der Waals surface area (Å²) in [7, 11) is 0. The molecule has 4 heteroatoms. The summed E-state index contributed by atoms with van der Waals surface area (Å²) < 4.78 is 0. The predicted octanol–water partition coefficient (Wildman–Crippen LogP) is 5.92. The number of Topliss-reactive ketones (excluding diaryl/α,β-unsaturated/α-hetero) is 2. The average molecular weight is 451 g/mol. The van der Waals surface area contributed by atoms with Gasteiger partial charge in [-0.25, -0.2) is 0 Å². The van der Waals surface area contributed by atoms with Gasteiger partial charge >= 0.3 is 0 Å². The lowest BCUT2D eigenvalue weighted by atomic mass is 9.43. The number of allylic oxidation sites excluding steroid dienone is 8. The summed E-state index contributed by atoms with van der Waals surface area (Å²) in [5.41, 5.74) is 1.88. The van der Waals surface area contributed by atoms with Crippen LogP contribution in [0.5, 0.6) is 0 Å². The molecule has 0 spiro atoms. The second-order valence-corrected chi connectivity index (χ2v) is 11.4. The zero-order valence-electron chi connectivity index (χ0n) is 21.2. The summed E-state index contributed by atoms with van der Waals surface area (Å²) in [6, 6.07) is 0. The Morgan fingerprint density at radius 1 is 0.909 bits per heavy atom. The Balaban J connectivity index is 1.90. The van der Waals surface area contributed by atoms with Crippen molar-refractivity contribution in [3.05, 3.63) is 47.1 Å². The maximum atomic E-state index is 13.3. The average Bonchev–Trinajstić information content (AvgIpc) is 3.00. The molecule has 0 saturated heterocycles. The quantitative estimate of drug-likeness (QED) is 0.385. The smallest absolute Gasteiger partial charge is 0.181 e. The normalized spacial score (nSPS) is 35.7. The van der Waals surface area contributed by atoms with Crippen LogP contribution < -0.4 is 0 Å². The first kappa shape index (κ1) is 25.3. The van der Waals surface area contributed by atoms with Crippen molar-refractivity contribution < 1.29 is 19.2 Å². The molecule has 0 N–H and O–H groups in total. The van der Waals surface area contributed by atoms with Crippen molar-refractivity contribution in [3.63, 3.8) is 0 Å². The van der Waals surface area contributed by atoms with Gasteiger partial charge in [-0.05, 0) is 80.6 Å². The van der Waals surface area contributed by atoms with Gasteiger partial charge in [0.25, 0.3) is 0 Å². The fourth-order valence-corrected chi connectivity index (χ4v) is 7.21. The van der Waals surface area contributed by atoms with Crippen molar-refractivity contribution in [2.45, 2.75) is 80.6 Å². The number of hydrogen-bond donors (Lipinski definition) is 0. The molecular formula is C29H38O4. The minimum atomic E-state index is -0.329. The largest absolute Gasteiger partial charge is 0.299 e. The predicted molar refractivity (Wildman–Crippen MR) is 130 cm³/mol. The van der Waals surface area contributed by atoms with Gasteiger partial charge in [-0.15, -0.1) is 0 Å². The molecule has 0 aliphatic heterocycles. The third-order valence-corrected chi connectivity index (χ3v) is 8.98. The van der Waals surface area contributed by atoms with E-state index >= 15 is 0 Å². The maximum absolute atomic E-state index is 13.3. The highest BCUT2D eigenvalue weighted by Crippen LogP contribution is 2.68. The fourth-order valence-electron chi connectivity index (χ4n) is 7.21. The Morgan fingerprint density at radius 3 is 2.21 bits per heavy atom. The molecule has 0 bridgehead atoms. The monoisotopic (exact) mass is 450 g/mol. The van der Waals surface area contributed by atoms with E-state index in [-0.39, 0.29) is 39.5 Å². The van der Waals surface area contributed by atoms with Crippen LogP contribution in [0.2, 0.25) is 0 Å². The van der Waals surface area contributed by atoms with E-state index in [1.807, 2.05) is 19.1 Å². The lowest BCUT2D eigenvalue weighted by Gasteiger charge is -2.60. The molecule has 0 unspecified atom stereocenters. The van der Waals surface area contributed by atoms with E-state index in [0.29, 0.717) is 30.1 Å². The number of rotatable bonds is 5. The third-order valence-electron chi connectivity index (χ3n) is 8.98. The summed E-state index contributed by atoms with van der Waals surface area (Å²) in [6.07, 6.45) is 11.9. The summed E-state index contributed by atoms with van der Waals surface area (Å²) in [6.45, 7) is 13.9. The number of ketones is 4. The zero-order valence-corrected chi connectivity index (χ0v) is 21.2. The van der Waals surface area contributed by atoms with Crippen molar-refractivity contribution in [1.82, 2.24) is 0 Å². The maximum Gasteiger partial charge on any atom is 0.181 e. The molecule has 0 heterocycles. The second kappa shape index (κ2) is 8.77. The number of carbonyl (C=O) groups excluding carboxylic acids is 4. The highest BCUT2D eigenvalue weighted by molar-refractivity contribution is 6.07. The van der Waals surface area contributed by atoms with Crippen LogP contribution in [0.4, 0.5) is 0 Å². The van der Waals surface area contributed by atoms with Crippen LogP contribution in [-0.2, 0) is 19.2 Å². The fraction of sp³-hybridized carbons (Fsp3) is 0.586. The summed E-state index contributed by atoms with van der Waals surface area (Å²) in [5.74, 6) is 0.781. The lowest BCUT2D eigenvalue weighted by molar-refractivity contribution is -0.154. The van der Waals surface area contributed by atoms with Gasteiger partial charge in [0, 0.05) is 29.2 Å². The first-order valence-electron chi connectivity index (χ1n) is 12.1. The summed E-state index contributed by atoms with van der Waals surface area (Å²) in [4.78, 5) is 49.1. The Hall–Kier alpha value is -2.36. The van der Waals surface area contributed by atoms with Crippen molar-refractivity contribution in [3.8, 4) is 0 Å². The minimum absolute atomic E-state index is 0.0161. The molecule has 3 saturated carbocycles. The standard InChI is InChI=1S/C29H38O4/c1-18(21(31)12-11-20(3)30)9-8-10-19(2)26-22(32)17-24-28(6)16-14-25(33)27(4,5)23(28)13-15-29(24,26)7/h8-12,23-24H,13-17H2,1-7H3/b10-8+,12-11-,18-9+,26-19-/t23-,24+,28-,29-/m0/s1. The molecule has 0 radical (unpaired) electrons. The minimum Gasteiger partial charge on any atom is -0.299 e. The van der Waals surface area contributed by atoms with Gasteiger partial charge in [0.2, 0.25) is 0 Å². The Morgan fingerprint density at radius 2 is 1.58 bits per heavy atom. The van der Waals surface area contributed by atoms with E-state index in [2.05, 4.69) is 27.7 Å². The molecule has 3 rings (SSSR count). The van der Waals surface area contributed by atoms with Gasteiger partial charge in [0.1, 0.15) is 5.78 Å². The molecule has 4 nitrogen and oxygen atoms in total.